The number of aromatic nitrogens is 1. The molecular weight excluding hydrogens is 488 g/mol. The standard InChI is InChI=1S/C23H30N6O8/c24-10-19(31)27-15(6-8-20(32)33)21(34)29-17(9-12-11-26-14-4-2-1-3-13(12)14)22(35)28-16(23(36)37)5-7-18(25)30/h1-4,11,15-17,26H,5-10,24H2,(H2,25,30)(H,27,31)(H,28,35)(H,29,34)(H,32,33)(H,36,37). The molecule has 3 unspecified atom stereocenters. The Labute approximate surface area is 211 Å². The fourth-order valence-corrected chi connectivity index (χ4v) is 3.61. The van der Waals surface area contributed by atoms with Crippen molar-refractivity contribution in [2.24, 2.45) is 11.5 Å². The molecule has 0 radical (unpaired) electrons. The van der Waals surface area contributed by atoms with Crippen molar-refractivity contribution in [2.75, 3.05) is 6.54 Å². The number of aromatic amines is 1. The number of rotatable bonds is 15. The number of amides is 4. The Balaban J connectivity index is 2.31. The monoisotopic (exact) mass is 518 g/mol. The molecule has 0 spiro atoms. The molecule has 4 amide bonds. The summed E-state index contributed by atoms with van der Waals surface area (Å²) in [5, 5.41) is 26.3. The molecule has 37 heavy (non-hydrogen) atoms. The van der Waals surface area contributed by atoms with E-state index in [0.717, 1.165) is 10.9 Å². The summed E-state index contributed by atoms with van der Waals surface area (Å²) in [4.78, 5) is 74.7. The third-order valence-electron chi connectivity index (χ3n) is 5.51. The SMILES string of the molecule is NCC(=O)NC(CCC(=O)O)C(=O)NC(Cc1c[nH]c2ccccc12)C(=O)NC(CCC(N)=O)C(=O)O. The van der Waals surface area contributed by atoms with Crippen LogP contribution in [0.1, 0.15) is 31.2 Å². The Hall–Kier alpha value is -4.46. The highest BCUT2D eigenvalue weighted by molar-refractivity contribution is 5.94. The number of H-pyrrole nitrogens is 1. The first-order chi connectivity index (χ1) is 17.5. The highest BCUT2D eigenvalue weighted by Gasteiger charge is 2.30. The minimum atomic E-state index is -1.46. The van der Waals surface area contributed by atoms with Gasteiger partial charge in [-0.05, 0) is 24.5 Å². The number of hydrogen-bond donors (Lipinski definition) is 8. The summed E-state index contributed by atoms with van der Waals surface area (Å²) in [6.07, 6.45) is 0.287. The summed E-state index contributed by atoms with van der Waals surface area (Å²) < 4.78 is 0. The maximum atomic E-state index is 13.2. The zero-order valence-corrected chi connectivity index (χ0v) is 19.9. The number of aliphatic carboxylic acids is 2. The quantitative estimate of drug-likeness (QED) is 0.134. The number of carboxylic acids is 2. The Morgan fingerprint density at radius 1 is 0.865 bits per heavy atom. The van der Waals surface area contributed by atoms with Gasteiger partial charge < -0.3 is 42.6 Å². The van der Waals surface area contributed by atoms with E-state index in [4.69, 9.17) is 16.6 Å². The van der Waals surface area contributed by atoms with Crippen LogP contribution in [0.25, 0.3) is 10.9 Å². The van der Waals surface area contributed by atoms with Crippen molar-refractivity contribution < 1.29 is 39.0 Å². The molecule has 1 aromatic carbocycles. The molecule has 0 saturated heterocycles. The summed E-state index contributed by atoms with van der Waals surface area (Å²) >= 11 is 0. The van der Waals surface area contributed by atoms with Crippen molar-refractivity contribution in [1.29, 1.82) is 0 Å². The second kappa shape index (κ2) is 13.6. The van der Waals surface area contributed by atoms with E-state index in [1.165, 1.54) is 0 Å². The molecule has 2 aromatic rings. The van der Waals surface area contributed by atoms with E-state index >= 15 is 0 Å². The average molecular weight is 519 g/mol. The van der Waals surface area contributed by atoms with Gasteiger partial charge in [-0.3, -0.25) is 24.0 Å². The summed E-state index contributed by atoms with van der Waals surface area (Å²) in [5.74, 6) is -5.78. The van der Waals surface area contributed by atoms with E-state index in [0.29, 0.717) is 5.56 Å². The number of carbonyl (C=O) groups excluding carboxylic acids is 4. The first-order valence-electron chi connectivity index (χ1n) is 11.4. The second-order valence-corrected chi connectivity index (χ2v) is 8.29. The molecule has 10 N–H and O–H groups in total. The maximum absolute atomic E-state index is 13.2. The van der Waals surface area contributed by atoms with Crippen LogP contribution in [0.4, 0.5) is 0 Å². The van der Waals surface area contributed by atoms with Crippen molar-refractivity contribution in [2.45, 2.75) is 50.2 Å². The van der Waals surface area contributed by atoms with Crippen LogP contribution in [0.2, 0.25) is 0 Å². The lowest BCUT2D eigenvalue weighted by molar-refractivity contribution is -0.142. The van der Waals surface area contributed by atoms with Crippen LogP contribution in [-0.2, 0) is 35.2 Å². The van der Waals surface area contributed by atoms with Crippen LogP contribution < -0.4 is 27.4 Å². The number of carbonyl (C=O) groups is 6. The lowest BCUT2D eigenvalue weighted by atomic mass is 10.0. The lowest BCUT2D eigenvalue weighted by Crippen LogP contribution is -2.57. The second-order valence-electron chi connectivity index (χ2n) is 8.29. The Kier molecular flexibility index (Phi) is 10.6. The van der Waals surface area contributed by atoms with Gasteiger partial charge in [-0.15, -0.1) is 0 Å². The van der Waals surface area contributed by atoms with Crippen LogP contribution in [-0.4, -0.2) is 75.4 Å². The van der Waals surface area contributed by atoms with Gasteiger partial charge in [0.15, 0.2) is 0 Å². The fraction of sp³-hybridized carbons (Fsp3) is 0.391. The number of primary amides is 1. The maximum Gasteiger partial charge on any atom is 0.326 e. The molecule has 1 aromatic heterocycles. The molecule has 0 aliphatic rings. The molecule has 3 atom stereocenters. The van der Waals surface area contributed by atoms with Gasteiger partial charge in [0.2, 0.25) is 23.6 Å². The van der Waals surface area contributed by atoms with Gasteiger partial charge in [-0.25, -0.2) is 4.79 Å². The van der Waals surface area contributed by atoms with Gasteiger partial charge in [-0.2, -0.15) is 0 Å². The van der Waals surface area contributed by atoms with Crippen molar-refractivity contribution >= 4 is 46.5 Å². The van der Waals surface area contributed by atoms with Gasteiger partial charge in [0.25, 0.3) is 0 Å². The highest BCUT2D eigenvalue weighted by atomic mass is 16.4. The van der Waals surface area contributed by atoms with Crippen molar-refractivity contribution in [3.8, 4) is 0 Å². The normalized spacial score (nSPS) is 13.2. The van der Waals surface area contributed by atoms with Crippen molar-refractivity contribution in [3.05, 3.63) is 36.0 Å². The average Bonchev–Trinajstić information content (AvgIpc) is 3.25. The van der Waals surface area contributed by atoms with Crippen LogP contribution in [0.3, 0.4) is 0 Å². The van der Waals surface area contributed by atoms with Gasteiger partial charge >= 0.3 is 11.9 Å². The number of benzene rings is 1. The zero-order chi connectivity index (χ0) is 27.5. The summed E-state index contributed by atoms with van der Waals surface area (Å²) in [6, 6.07) is 3.10. The van der Waals surface area contributed by atoms with Crippen LogP contribution >= 0.6 is 0 Å². The van der Waals surface area contributed by atoms with Gasteiger partial charge in [0.1, 0.15) is 18.1 Å². The van der Waals surface area contributed by atoms with E-state index in [2.05, 4.69) is 20.9 Å². The van der Waals surface area contributed by atoms with E-state index in [1.807, 2.05) is 0 Å². The first-order valence-corrected chi connectivity index (χ1v) is 11.4. The number of para-hydroxylation sites is 1. The minimum absolute atomic E-state index is 0.0692. The predicted octanol–water partition coefficient (Wildman–Crippen LogP) is -1.66. The van der Waals surface area contributed by atoms with Gasteiger partial charge in [0.05, 0.1) is 6.54 Å². The zero-order valence-electron chi connectivity index (χ0n) is 19.9. The number of carboxylic acid groups (broad SMARTS) is 2. The fourth-order valence-electron chi connectivity index (χ4n) is 3.61. The Morgan fingerprint density at radius 3 is 2.11 bits per heavy atom. The number of nitrogens with two attached hydrogens (primary N) is 2. The largest absolute Gasteiger partial charge is 0.481 e. The molecule has 0 saturated carbocycles. The molecule has 14 nitrogen and oxygen atoms in total. The summed E-state index contributed by atoms with van der Waals surface area (Å²) in [7, 11) is 0. The molecular formula is C23H30N6O8. The molecule has 0 aliphatic carbocycles. The Bertz CT molecular complexity index is 1160. The smallest absolute Gasteiger partial charge is 0.326 e. The van der Waals surface area contributed by atoms with Crippen LogP contribution in [0, 0.1) is 0 Å². The Morgan fingerprint density at radius 2 is 1.49 bits per heavy atom. The molecule has 0 fully saturated rings. The predicted molar refractivity (Wildman–Crippen MR) is 130 cm³/mol. The molecule has 0 bridgehead atoms. The topological polar surface area (TPSA) is 247 Å². The molecule has 200 valence electrons. The van der Waals surface area contributed by atoms with Gasteiger partial charge in [-0.1, -0.05) is 18.2 Å². The molecule has 1 heterocycles. The molecule has 2 rings (SSSR count). The van der Waals surface area contributed by atoms with E-state index in [9.17, 15) is 33.9 Å². The van der Waals surface area contributed by atoms with Crippen LogP contribution in [0.5, 0.6) is 0 Å². The van der Waals surface area contributed by atoms with Gasteiger partial charge in [0, 0.05) is 36.4 Å². The number of nitrogens with one attached hydrogen (secondary N) is 4. The number of hydrogen-bond acceptors (Lipinski definition) is 7. The van der Waals surface area contributed by atoms with Crippen molar-refractivity contribution in [1.82, 2.24) is 20.9 Å². The third-order valence-corrected chi connectivity index (χ3v) is 5.51. The highest BCUT2D eigenvalue weighted by Crippen LogP contribution is 2.19. The van der Waals surface area contributed by atoms with E-state index < -0.39 is 66.7 Å². The first kappa shape index (κ1) is 28.8. The van der Waals surface area contributed by atoms with Crippen LogP contribution in [0.15, 0.2) is 30.5 Å². The third kappa shape index (κ3) is 8.92. The lowest BCUT2D eigenvalue weighted by Gasteiger charge is -2.24. The minimum Gasteiger partial charge on any atom is -0.481 e. The summed E-state index contributed by atoms with van der Waals surface area (Å²) in [5.41, 5.74) is 11.8. The van der Waals surface area contributed by atoms with E-state index in [-0.39, 0.29) is 25.7 Å². The summed E-state index contributed by atoms with van der Waals surface area (Å²) in [6.45, 7) is -0.448. The number of fused-ring (bicyclic) bond motifs is 1. The molecule has 14 heteroatoms. The van der Waals surface area contributed by atoms with E-state index in [1.54, 1.807) is 30.5 Å². The molecule has 0 aliphatic heterocycles. The van der Waals surface area contributed by atoms with Crippen molar-refractivity contribution in [3.63, 3.8) is 0 Å².